The SMILES string of the molecule is CC.CC1(C)CC2NC(=O)C3CC3C3COc4ccccc4C3N3C(=O)CC(CC/C=C/c4ccc(c2c4)O1)N=C3N. The number of nitrogens with zero attached hydrogens (tertiary/aromatic N) is 2. The Hall–Kier alpha value is -3.81. The third-order valence-corrected chi connectivity index (χ3v) is 9.10. The number of rotatable bonds is 0. The molecule has 4 bridgehead atoms. The summed E-state index contributed by atoms with van der Waals surface area (Å²) in [7, 11) is 0. The number of nitrogens with one attached hydrogen (secondary N) is 1. The molecule has 6 atom stereocenters. The number of amides is 2. The Morgan fingerprint density at radius 1 is 1.05 bits per heavy atom. The summed E-state index contributed by atoms with van der Waals surface area (Å²) < 4.78 is 12.5. The molecule has 0 saturated heterocycles. The average molecular weight is 571 g/mol. The maximum absolute atomic E-state index is 13.7. The Balaban J connectivity index is 0.00000155. The van der Waals surface area contributed by atoms with Crippen molar-refractivity contribution in [3.05, 3.63) is 65.2 Å². The van der Waals surface area contributed by atoms with Gasteiger partial charge in [-0.15, -0.1) is 0 Å². The molecule has 5 heterocycles. The second kappa shape index (κ2) is 11.1. The van der Waals surface area contributed by atoms with E-state index in [2.05, 4.69) is 37.4 Å². The van der Waals surface area contributed by atoms with Gasteiger partial charge in [-0.05, 0) is 62.8 Å². The fraction of sp³-hybridized carbons (Fsp3) is 0.500. The van der Waals surface area contributed by atoms with Crippen LogP contribution in [0.1, 0.15) is 88.6 Å². The van der Waals surface area contributed by atoms with E-state index in [1.807, 2.05) is 50.2 Å². The molecule has 1 fully saturated rings. The molecule has 0 radical (unpaired) electrons. The molecule has 222 valence electrons. The minimum absolute atomic E-state index is 0.0133. The molecule has 8 nitrogen and oxygen atoms in total. The number of carbonyl (C=O) groups is 2. The number of allylic oxidation sites excluding steroid dienone is 1. The van der Waals surface area contributed by atoms with Gasteiger partial charge >= 0.3 is 0 Å². The number of carbonyl (C=O) groups excluding carboxylic acids is 2. The van der Waals surface area contributed by atoms with E-state index in [4.69, 9.17) is 20.2 Å². The van der Waals surface area contributed by atoms with Gasteiger partial charge < -0.3 is 20.5 Å². The largest absolute Gasteiger partial charge is 0.493 e. The zero-order chi connectivity index (χ0) is 29.6. The molecule has 6 aliphatic rings. The lowest BCUT2D eigenvalue weighted by Gasteiger charge is -2.42. The molecular weight excluding hydrogens is 528 g/mol. The molecule has 3 N–H and O–H groups in total. The van der Waals surface area contributed by atoms with Crippen LogP contribution in [0.2, 0.25) is 0 Å². The molecule has 0 aromatic heterocycles. The standard InChI is InChI=1S/C32H36N4O4.C2H6/c1-32(2)16-25-23-13-18(11-12-27(23)40-32)7-3-4-8-19-14-28(37)36(31(33)34-19)29-20-9-5-6-10-26(20)39-17-24(29)21-15-22(21)30(38)35-25;1-2/h3,5-7,9-13,19,21-22,24-25,29H,4,8,14-17H2,1-2H3,(H2,33,34)(H,35,38);1-2H3/b7-3+;. The Labute approximate surface area is 248 Å². The van der Waals surface area contributed by atoms with Crippen molar-refractivity contribution in [3.63, 3.8) is 0 Å². The summed E-state index contributed by atoms with van der Waals surface area (Å²) in [6.45, 7) is 8.56. The van der Waals surface area contributed by atoms with Crippen LogP contribution >= 0.6 is 0 Å². The van der Waals surface area contributed by atoms with Crippen molar-refractivity contribution in [2.75, 3.05) is 6.61 Å². The number of hydrogen-bond donors (Lipinski definition) is 2. The van der Waals surface area contributed by atoms with E-state index in [0.29, 0.717) is 19.4 Å². The van der Waals surface area contributed by atoms with Gasteiger partial charge in [0.1, 0.15) is 17.1 Å². The summed E-state index contributed by atoms with van der Waals surface area (Å²) in [5.41, 5.74) is 9.16. The highest BCUT2D eigenvalue weighted by molar-refractivity contribution is 5.99. The Bertz CT molecular complexity index is 1430. The maximum Gasteiger partial charge on any atom is 0.232 e. The van der Waals surface area contributed by atoms with Crippen LogP contribution in [0.3, 0.4) is 0 Å². The summed E-state index contributed by atoms with van der Waals surface area (Å²) in [6.07, 6.45) is 7.50. The molecule has 5 aliphatic heterocycles. The first kappa shape index (κ1) is 28.3. The number of nitrogens with two attached hydrogens (primary N) is 1. The third kappa shape index (κ3) is 5.27. The van der Waals surface area contributed by atoms with Crippen molar-refractivity contribution >= 4 is 23.8 Å². The highest BCUT2D eigenvalue weighted by Gasteiger charge is 2.55. The van der Waals surface area contributed by atoms with E-state index in [1.165, 1.54) is 0 Å². The van der Waals surface area contributed by atoms with Gasteiger partial charge in [0.05, 0.1) is 24.7 Å². The van der Waals surface area contributed by atoms with Gasteiger partial charge in [-0.2, -0.15) is 0 Å². The van der Waals surface area contributed by atoms with Crippen LogP contribution in [0.15, 0.2) is 53.5 Å². The van der Waals surface area contributed by atoms with E-state index < -0.39 is 5.60 Å². The van der Waals surface area contributed by atoms with Gasteiger partial charge in [0.15, 0.2) is 5.96 Å². The summed E-state index contributed by atoms with van der Waals surface area (Å²) >= 11 is 0. The molecule has 1 saturated carbocycles. The predicted molar refractivity (Wildman–Crippen MR) is 163 cm³/mol. The zero-order valence-electron chi connectivity index (χ0n) is 25.0. The number of hydrogen-bond acceptors (Lipinski definition) is 6. The van der Waals surface area contributed by atoms with Gasteiger partial charge in [-0.25, -0.2) is 4.99 Å². The number of ether oxygens (including phenoxy) is 2. The first-order valence-corrected chi connectivity index (χ1v) is 15.4. The van der Waals surface area contributed by atoms with E-state index in [9.17, 15) is 9.59 Å². The Kier molecular flexibility index (Phi) is 7.50. The molecule has 8 heteroatoms. The quantitative estimate of drug-likeness (QED) is 0.433. The second-order valence-electron chi connectivity index (χ2n) is 12.5. The lowest BCUT2D eigenvalue weighted by atomic mass is 9.84. The molecule has 2 aromatic carbocycles. The molecule has 8 rings (SSSR count). The highest BCUT2D eigenvalue weighted by atomic mass is 16.5. The Morgan fingerprint density at radius 3 is 2.67 bits per heavy atom. The van der Waals surface area contributed by atoms with Crippen LogP contribution in [0.4, 0.5) is 0 Å². The van der Waals surface area contributed by atoms with Crippen molar-refractivity contribution in [1.29, 1.82) is 0 Å². The molecule has 2 amide bonds. The predicted octanol–water partition coefficient (Wildman–Crippen LogP) is 5.54. The highest BCUT2D eigenvalue weighted by Crippen LogP contribution is 2.54. The summed E-state index contributed by atoms with van der Waals surface area (Å²) in [5, 5.41) is 3.37. The molecule has 0 spiro atoms. The fourth-order valence-corrected chi connectivity index (χ4v) is 7.12. The van der Waals surface area contributed by atoms with Crippen LogP contribution in [0.25, 0.3) is 6.08 Å². The second-order valence-corrected chi connectivity index (χ2v) is 12.5. The van der Waals surface area contributed by atoms with E-state index in [-0.39, 0.29) is 53.7 Å². The number of aliphatic imine (C=N–C) groups is 1. The topological polar surface area (TPSA) is 106 Å². The summed E-state index contributed by atoms with van der Waals surface area (Å²) in [5.74, 6) is 1.76. The normalized spacial score (nSPS) is 31.5. The Morgan fingerprint density at radius 2 is 1.86 bits per heavy atom. The van der Waals surface area contributed by atoms with Crippen LogP contribution in [0.5, 0.6) is 11.5 Å². The van der Waals surface area contributed by atoms with Crippen LogP contribution < -0.4 is 20.5 Å². The number of guanidine groups is 1. The first-order chi connectivity index (χ1) is 20.3. The average Bonchev–Trinajstić information content (AvgIpc) is 3.76. The fourth-order valence-electron chi connectivity index (χ4n) is 7.12. The number of benzene rings is 2. The molecule has 2 aromatic rings. The minimum Gasteiger partial charge on any atom is -0.493 e. The lowest BCUT2D eigenvalue weighted by Crippen LogP contribution is -2.52. The third-order valence-electron chi connectivity index (χ3n) is 9.10. The van der Waals surface area contributed by atoms with Gasteiger partial charge in [0.25, 0.3) is 0 Å². The van der Waals surface area contributed by atoms with Gasteiger partial charge in [-0.3, -0.25) is 14.5 Å². The lowest BCUT2D eigenvalue weighted by molar-refractivity contribution is -0.132. The number of fused-ring (bicyclic) bond motifs is 5. The van der Waals surface area contributed by atoms with Crippen molar-refractivity contribution in [2.24, 2.45) is 28.5 Å². The minimum atomic E-state index is -0.391. The first-order valence-electron chi connectivity index (χ1n) is 15.4. The van der Waals surface area contributed by atoms with Gasteiger partial charge in [-0.1, -0.05) is 50.3 Å². The van der Waals surface area contributed by atoms with Crippen molar-refractivity contribution in [3.8, 4) is 11.5 Å². The zero-order valence-corrected chi connectivity index (χ0v) is 25.0. The number of para-hydroxylation sites is 1. The van der Waals surface area contributed by atoms with Crippen molar-refractivity contribution in [1.82, 2.24) is 10.2 Å². The molecule has 1 aliphatic carbocycles. The van der Waals surface area contributed by atoms with Gasteiger partial charge in [0.2, 0.25) is 11.8 Å². The molecular formula is C34H42N4O4. The van der Waals surface area contributed by atoms with Crippen LogP contribution in [0, 0.1) is 17.8 Å². The van der Waals surface area contributed by atoms with Gasteiger partial charge in [0, 0.05) is 35.8 Å². The van der Waals surface area contributed by atoms with Crippen molar-refractivity contribution in [2.45, 2.75) is 83.5 Å². The van der Waals surface area contributed by atoms with Crippen LogP contribution in [-0.2, 0) is 9.59 Å². The van der Waals surface area contributed by atoms with Crippen LogP contribution in [-0.4, -0.2) is 40.9 Å². The van der Waals surface area contributed by atoms with E-state index in [1.54, 1.807) is 4.90 Å². The maximum atomic E-state index is 13.7. The van der Waals surface area contributed by atoms with E-state index in [0.717, 1.165) is 47.5 Å². The monoisotopic (exact) mass is 570 g/mol. The molecule has 6 unspecified atom stereocenters. The summed E-state index contributed by atoms with van der Waals surface area (Å²) in [4.78, 5) is 33.8. The summed E-state index contributed by atoms with van der Waals surface area (Å²) in [6, 6.07) is 13.4. The smallest absolute Gasteiger partial charge is 0.232 e. The van der Waals surface area contributed by atoms with E-state index >= 15 is 0 Å². The molecule has 42 heavy (non-hydrogen) atoms. The van der Waals surface area contributed by atoms with Crippen molar-refractivity contribution < 1.29 is 19.1 Å².